The Bertz CT molecular complexity index is 455. The molecule has 98 valence electrons. The Balaban J connectivity index is 2.69. The number of amides is 1. The fourth-order valence-electron chi connectivity index (χ4n) is 1.56. The van der Waals surface area contributed by atoms with Gasteiger partial charge in [-0.3, -0.25) is 14.6 Å². The lowest BCUT2D eigenvalue weighted by molar-refractivity contribution is -0.137. The van der Waals surface area contributed by atoms with Crippen LogP contribution in [0.1, 0.15) is 42.6 Å². The van der Waals surface area contributed by atoms with Gasteiger partial charge < -0.3 is 10.4 Å². The summed E-state index contributed by atoms with van der Waals surface area (Å²) in [4.78, 5) is 26.5. The van der Waals surface area contributed by atoms with E-state index in [0.29, 0.717) is 12.0 Å². The average Bonchev–Trinajstić information content (AvgIpc) is 2.26. The predicted molar refractivity (Wildman–Crippen MR) is 67.4 cm³/mol. The quantitative estimate of drug-likeness (QED) is 0.834. The third-order valence-corrected chi connectivity index (χ3v) is 2.70. The summed E-state index contributed by atoms with van der Waals surface area (Å²) >= 11 is 0. The maximum Gasteiger partial charge on any atom is 0.303 e. The summed E-state index contributed by atoms with van der Waals surface area (Å²) in [7, 11) is 0. The molecule has 18 heavy (non-hydrogen) atoms. The number of aryl methyl sites for hydroxylation is 1. The molecule has 0 aromatic carbocycles. The van der Waals surface area contributed by atoms with Crippen LogP contribution in [0.15, 0.2) is 18.5 Å². The van der Waals surface area contributed by atoms with E-state index in [1.807, 2.05) is 6.92 Å². The highest BCUT2D eigenvalue weighted by Gasteiger charge is 2.22. The monoisotopic (exact) mass is 250 g/mol. The Labute approximate surface area is 106 Å². The second kappa shape index (κ2) is 5.62. The van der Waals surface area contributed by atoms with Crippen LogP contribution in [-0.4, -0.2) is 27.5 Å². The highest BCUT2D eigenvalue weighted by Crippen LogP contribution is 2.13. The van der Waals surface area contributed by atoms with Gasteiger partial charge in [0.05, 0.1) is 5.56 Å². The largest absolute Gasteiger partial charge is 0.481 e. The highest BCUT2D eigenvalue weighted by molar-refractivity contribution is 5.95. The van der Waals surface area contributed by atoms with Crippen molar-refractivity contribution in [2.45, 2.75) is 39.2 Å². The zero-order valence-corrected chi connectivity index (χ0v) is 10.9. The molecule has 0 bridgehead atoms. The number of nitrogens with one attached hydrogen (secondary N) is 1. The molecular weight excluding hydrogens is 232 g/mol. The van der Waals surface area contributed by atoms with Gasteiger partial charge >= 0.3 is 5.97 Å². The first-order valence-corrected chi connectivity index (χ1v) is 5.77. The van der Waals surface area contributed by atoms with Crippen LogP contribution in [0.2, 0.25) is 0 Å². The molecule has 1 amide bonds. The van der Waals surface area contributed by atoms with E-state index in [4.69, 9.17) is 5.11 Å². The van der Waals surface area contributed by atoms with Gasteiger partial charge in [-0.25, -0.2) is 0 Å². The van der Waals surface area contributed by atoms with Gasteiger partial charge in [-0.05, 0) is 38.8 Å². The SMILES string of the molecule is Cc1ccncc1C(=O)NC(C)(C)CCC(=O)O. The smallest absolute Gasteiger partial charge is 0.303 e. The number of hydrogen-bond donors (Lipinski definition) is 2. The van der Waals surface area contributed by atoms with Crippen molar-refractivity contribution in [2.75, 3.05) is 0 Å². The minimum absolute atomic E-state index is 0.0271. The van der Waals surface area contributed by atoms with E-state index in [2.05, 4.69) is 10.3 Å². The first-order chi connectivity index (χ1) is 8.32. The van der Waals surface area contributed by atoms with Crippen molar-refractivity contribution < 1.29 is 14.7 Å². The summed E-state index contributed by atoms with van der Waals surface area (Å²) in [6.07, 6.45) is 3.55. The van der Waals surface area contributed by atoms with Crippen LogP contribution >= 0.6 is 0 Å². The summed E-state index contributed by atoms with van der Waals surface area (Å²) in [5, 5.41) is 11.5. The molecule has 0 spiro atoms. The minimum atomic E-state index is -0.866. The van der Waals surface area contributed by atoms with Crippen molar-refractivity contribution in [1.29, 1.82) is 0 Å². The topological polar surface area (TPSA) is 79.3 Å². The second-order valence-corrected chi connectivity index (χ2v) is 4.92. The van der Waals surface area contributed by atoms with Crippen LogP contribution in [0.3, 0.4) is 0 Å². The Morgan fingerprint density at radius 1 is 1.44 bits per heavy atom. The molecule has 0 aliphatic carbocycles. The fraction of sp³-hybridized carbons (Fsp3) is 0.462. The molecule has 0 aliphatic rings. The van der Waals surface area contributed by atoms with Gasteiger partial charge in [-0.15, -0.1) is 0 Å². The van der Waals surface area contributed by atoms with Gasteiger partial charge in [0, 0.05) is 24.4 Å². The first kappa shape index (κ1) is 14.2. The molecule has 0 atom stereocenters. The molecule has 5 heteroatoms. The van der Waals surface area contributed by atoms with Gasteiger partial charge in [0.2, 0.25) is 0 Å². The first-order valence-electron chi connectivity index (χ1n) is 5.77. The van der Waals surface area contributed by atoms with Gasteiger partial charge in [-0.1, -0.05) is 0 Å². The van der Waals surface area contributed by atoms with Crippen LogP contribution in [-0.2, 0) is 4.79 Å². The molecule has 0 radical (unpaired) electrons. The lowest BCUT2D eigenvalue weighted by Gasteiger charge is -2.25. The van der Waals surface area contributed by atoms with Gasteiger partial charge in [0.15, 0.2) is 0 Å². The van der Waals surface area contributed by atoms with E-state index in [1.165, 1.54) is 6.20 Å². The summed E-state index contributed by atoms with van der Waals surface area (Å²) in [6, 6.07) is 1.76. The molecule has 0 aliphatic heterocycles. The maximum atomic E-state index is 12.0. The maximum absolute atomic E-state index is 12.0. The minimum Gasteiger partial charge on any atom is -0.481 e. The number of aliphatic carboxylic acids is 1. The average molecular weight is 250 g/mol. The lowest BCUT2D eigenvalue weighted by Crippen LogP contribution is -2.44. The van der Waals surface area contributed by atoms with Crippen molar-refractivity contribution in [3.63, 3.8) is 0 Å². The van der Waals surface area contributed by atoms with Gasteiger partial charge in [0.25, 0.3) is 5.91 Å². The molecule has 1 aromatic heterocycles. The van der Waals surface area contributed by atoms with E-state index >= 15 is 0 Å². The van der Waals surface area contributed by atoms with E-state index in [0.717, 1.165) is 5.56 Å². The Hall–Kier alpha value is -1.91. The lowest BCUT2D eigenvalue weighted by atomic mass is 9.97. The van der Waals surface area contributed by atoms with E-state index in [-0.39, 0.29) is 12.3 Å². The Kier molecular flexibility index (Phi) is 4.42. The molecule has 1 aromatic rings. The molecule has 0 unspecified atom stereocenters. The van der Waals surface area contributed by atoms with Crippen LogP contribution in [0, 0.1) is 6.92 Å². The molecular formula is C13H18N2O3. The van der Waals surface area contributed by atoms with Crippen molar-refractivity contribution >= 4 is 11.9 Å². The van der Waals surface area contributed by atoms with E-state index in [1.54, 1.807) is 26.1 Å². The summed E-state index contributed by atoms with van der Waals surface area (Å²) in [5.41, 5.74) is 0.801. The Morgan fingerprint density at radius 3 is 2.67 bits per heavy atom. The van der Waals surface area contributed by atoms with Gasteiger partial charge in [0.1, 0.15) is 0 Å². The number of rotatable bonds is 5. The molecule has 1 heterocycles. The normalized spacial score (nSPS) is 11.1. The number of hydrogen-bond acceptors (Lipinski definition) is 3. The molecule has 2 N–H and O–H groups in total. The summed E-state index contributed by atoms with van der Waals surface area (Å²) < 4.78 is 0. The number of aromatic nitrogens is 1. The molecule has 0 saturated heterocycles. The van der Waals surface area contributed by atoms with Crippen molar-refractivity contribution in [3.05, 3.63) is 29.6 Å². The van der Waals surface area contributed by atoms with Crippen molar-refractivity contribution in [3.8, 4) is 0 Å². The van der Waals surface area contributed by atoms with Crippen LogP contribution < -0.4 is 5.32 Å². The number of nitrogens with zero attached hydrogens (tertiary/aromatic N) is 1. The molecule has 0 saturated carbocycles. The summed E-state index contributed by atoms with van der Waals surface area (Å²) in [6.45, 7) is 5.44. The van der Waals surface area contributed by atoms with Gasteiger partial charge in [-0.2, -0.15) is 0 Å². The standard InChI is InChI=1S/C13H18N2O3/c1-9-5-7-14-8-10(9)12(18)15-13(2,3)6-4-11(16)17/h5,7-8H,4,6H2,1-3H3,(H,15,18)(H,16,17). The fourth-order valence-corrected chi connectivity index (χ4v) is 1.56. The van der Waals surface area contributed by atoms with E-state index < -0.39 is 11.5 Å². The number of pyridine rings is 1. The van der Waals surface area contributed by atoms with Crippen LogP contribution in [0.25, 0.3) is 0 Å². The summed E-state index contributed by atoms with van der Waals surface area (Å²) in [5.74, 6) is -1.09. The Morgan fingerprint density at radius 2 is 2.11 bits per heavy atom. The van der Waals surface area contributed by atoms with Crippen molar-refractivity contribution in [1.82, 2.24) is 10.3 Å². The van der Waals surface area contributed by atoms with Crippen LogP contribution in [0.5, 0.6) is 0 Å². The molecule has 0 fully saturated rings. The second-order valence-electron chi connectivity index (χ2n) is 4.92. The number of carbonyl (C=O) groups is 2. The number of carboxylic acids is 1. The third kappa shape index (κ3) is 4.16. The zero-order valence-electron chi connectivity index (χ0n) is 10.9. The van der Waals surface area contributed by atoms with Crippen LogP contribution in [0.4, 0.5) is 0 Å². The van der Waals surface area contributed by atoms with Crippen molar-refractivity contribution in [2.24, 2.45) is 0 Å². The third-order valence-electron chi connectivity index (χ3n) is 2.70. The number of carbonyl (C=O) groups excluding carboxylic acids is 1. The molecule has 1 rings (SSSR count). The molecule has 5 nitrogen and oxygen atoms in total. The predicted octanol–water partition coefficient (Wildman–Crippen LogP) is 1.76. The highest BCUT2D eigenvalue weighted by atomic mass is 16.4. The number of carboxylic acid groups (broad SMARTS) is 1. The van der Waals surface area contributed by atoms with E-state index in [9.17, 15) is 9.59 Å². The zero-order chi connectivity index (χ0) is 13.8.